The Hall–Kier alpha value is -3.03. The molecule has 0 atom stereocenters. The Labute approximate surface area is 126 Å². The molecule has 0 aliphatic carbocycles. The van der Waals surface area contributed by atoms with Gasteiger partial charge in [0.1, 0.15) is 11.5 Å². The van der Waals surface area contributed by atoms with Crippen LogP contribution in [0.5, 0.6) is 11.5 Å². The van der Waals surface area contributed by atoms with E-state index in [0.717, 1.165) is 0 Å². The molecule has 0 bridgehead atoms. The smallest absolute Gasteiger partial charge is 0.338 e. The number of benzene rings is 1. The summed E-state index contributed by atoms with van der Waals surface area (Å²) in [5.41, 5.74) is 0.755. The van der Waals surface area contributed by atoms with Gasteiger partial charge in [-0.25, -0.2) is 0 Å². The second-order valence-corrected chi connectivity index (χ2v) is 4.28. The molecule has 0 saturated carbocycles. The van der Waals surface area contributed by atoms with Crippen molar-refractivity contribution in [3.63, 3.8) is 0 Å². The zero-order valence-corrected chi connectivity index (χ0v) is 12.3. The van der Waals surface area contributed by atoms with Gasteiger partial charge in [-0.15, -0.1) is 0 Å². The molecule has 0 aliphatic rings. The maximum atomic E-state index is 10.9. The Morgan fingerprint density at radius 3 is 2.77 bits per heavy atom. The molecule has 0 saturated heterocycles. The topological polar surface area (TPSA) is 99.7 Å². The molecule has 0 spiro atoms. The zero-order valence-electron chi connectivity index (χ0n) is 12.3. The lowest BCUT2D eigenvalue weighted by molar-refractivity contribution is -0.386. The van der Waals surface area contributed by atoms with E-state index >= 15 is 0 Å². The highest BCUT2D eigenvalue weighted by atomic mass is 16.6. The van der Waals surface area contributed by atoms with Crippen LogP contribution < -0.4 is 14.8 Å². The molecule has 8 heteroatoms. The van der Waals surface area contributed by atoms with Gasteiger partial charge in [0, 0.05) is 18.3 Å². The molecule has 2 aromatic rings. The van der Waals surface area contributed by atoms with Crippen molar-refractivity contribution < 1.29 is 18.9 Å². The highest BCUT2D eigenvalue weighted by Gasteiger charge is 2.21. The number of nitrogens with zero attached hydrogens (tertiary/aromatic N) is 2. The number of aromatic nitrogens is 1. The van der Waals surface area contributed by atoms with Crippen LogP contribution in [0.25, 0.3) is 6.08 Å². The number of rotatable bonds is 6. The summed E-state index contributed by atoms with van der Waals surface area (Å²) in [5.74, 6) is 1.31. The van der Waals surface area contributed by atoms with Crippen LogP contribution in [-0.2, 0) is 0 Å². The summed E-state index contributed by atoms with van der Waals surface area (Å²) in [6, 6.07) is 5.25. The van der Waals surface area contributed by atoms with Crippen molar-refractivity contribution in [3.8, 4) is 11.5 Å². The van der Waals surface area contributed by atoms with Crippen LogP contribution in [-0.4, -0.2) is 24.3 Å². The first-order chi connectivity index (χ1) is 10.6. The normalized spacial score (nSPS) is 10.7. The average Bonchev–Trinajstić information content (AvgIpc) is 2.88. The lowest BCUT2D eigenvalue weighted by Gasteiger charge is -2.09. The number of hydrogen-bond acceptors (Lipinski definition) is 7. The number of hydrogen-bond donors (Lipinski definition) is 1. The van der Waals surface area contributed by atoms with E-state index in [-0.39, 0.29) is 17.1 Å². The minimum Gasteiger partial charge on any atom is -0.497 e. The summed E-state index contributed by atoms with van der Waals surface area (Å²) in [7, 11) is 3.10. The van der Waals surface area contributed by atoms with Crippen molar-refractivity contribution in [2.45, 2.75) is 6.92 Å². The van der Waals surface area contributed by atoms with Gasteiger partial charge in [-0.1, -0.05) is 5.16 Å². The van der Waals surface area contributed by atoms with E-state index in [1.165, 1.54) is 26.3 Å². The van der Waals surface area contributed by atoms with Crippen LogP contribution in [0.15, 0.2) is 28.9 Å². The summed E-state index contributed by atoms with van der Waals surface area (Å²) < 4.78 is 15.3. The first-order valence-electron chi connectivity index (χ1n) is 6.32. The minimum atomic E-state index is -0.528. The number of methoxy groups -OCH3 is 2. The minimum absolute atomic E-state index is 0.0717. The van der Waals surface area contributed by atoms with Gasteiger partial charge >= 0.3 is 5.69 Å². The van der Waals surface area contributed by atoms with Gasteiger partial charge in [0.2, 0.25) is 5.76 Å². The van der Waals surface area contributed by atoms with Gasteiger partial charge in [-0.2, -0.15) is 0 Å². The highest BCUT2D eigenvalue weighted by Crippen LogP contribution is 2.29. The molecule has 1 heterocycles. The summed E-state index contributed by atoms with van der Waals surface area (Å²) in [5, 5.41) is 17.5. The molecule has 0 amide bonds. The molecule has 1 aromatic heterocycles. The molecule has 0 radical (unpaired) electrons. The fourth-order valence-corrected chi connectivity index (χ4v) is 1.84. The molecule has 116 valence electrons. The predicted octanol–water partition coefficient (Wildman–Crippen LogP) is 2.99. The molecule has 1 N–H and O–H groups in total. The third-order valence-electron chi connectivity index (χ3n) is 2.92. The maximum absolute atomic E-state index is 10.9. The van der Waals surface area contributed by atoms with Crippen molar-refractivity contribution in [1.29, 1.82) is 0 Å². The standard InChI is InChI=1S/C14H15N3O5/c1-9-14(17(18)19)12(22-16-9)6-7-15-11-5-4-10(20-2)8-13(11)21-3/h4-8,15H,1-3H3/b7-6+. The molecule has 0 fully saturated rings. The summed E-state index contributed by atoms with van der Waals surface area (Å²) in [6.45, 7) is 1.51. The molecule has 0 aliphatic heterocycles. The molecule has 22 heavy (non-hydrogen) atoms. The Morgan fingerprint density at radius 1 is 1.36 bits per heavy atom. The SMILES string of the molecule is COc1ccc(N/C=C/c2onc(C)c2[N+](=O)[O-])c(OC)c1. The largest absolute Gasteiger partial charge is 0.497 e. The fourth-order valence-electron chi connectivity index (χ4n) is 1.84. The van der Waals surface area contributed by atoms with Gasteiger partial charge in [0.05, 0.1) is 24.8 Å². The molecule has 8 nitrogen and oxygen atoms in total. The van der Waals surface area contributed by atoms with Crippen LogP contribution >= 0.6 is 0 Å². The van der Waals surface area contributed by atoms with Crippen LogP contribution in [0.4, 0.5) is 11.4 Å². The first-order valence-corrected chi connectivity index (χ1v) is 6.32. The third-order valence-corrected chi connectivity index (χ3v) is 2.92. The van der Waals surface area contributed by atoms with Crippen LogP contribution in [0.3, 0.4) is 0 Å². The Bertz CT molecular complexity index is 708. The molecular weight excluding hydrogens is 290 g/mol. The monoisotopic (exact) mass is 305 g/mol. The van der Waals surface area contributed by atoms with E-state index in [2.05, 4.69) is 10.5 Å². The summed E-state index contributed by atoms with van der Waals surface area (Å²) >= 11 is 0. The number of ether oxygens (including phenoxy) is 2. The van der Waals surface area contributed by atoms with Crippen molar-refractivity contribution in [2.75, 3.05) is 19.5 Å². The van der Waals surface area contributed by atoms with Crippen LogP contribution in [0, 0.1) is 17.0 Å². The van der Waals surface area contributed by atoms with Gasteiger partial charge < -0.3 is 19.3 Å². The zero-order chi connectivity index (χ0) is 16.1. The lowest BCUT2D eigenvalue weighted by Crippen LogP contribution is -1.94. The molecule has 1 aromatic carbocycles. The Kier molecular flexibility index (Phi) is 4.62. The Balaban J connectivity index is 2.18. The van der Waals surface area contributed by atoms with E-state index in [4.69, 9.17) is 14.0 Å². The molecule has 2 rings (SSSR count). The lowest BCUT2D eigenvalue weighted by atomic mass is 10.2. The van der Waals surface area contributed by atoms with Gasteiger partial charge in [-0.05, 0) is 19.1 Å². The number of nitro groups is 1. The quantitative estimate of drug-likeness (QED) is 0.646. The van der Waals surface area contributed by atoms with Crippen LogP contribution in [0.2, 0.25) is 0 Å². The number of anilines is 1. The van der Waals surface area contributed by atoms with Crippen LogP contribution in [0.1, 0.15) is 11.5 Å². The van der Waals surface area contributed by atoms with Gasteiger partial charge in [0.15, 0.2) is 5.69 Å². The van der Waals surface area contributed by atoms with E-state index in [0.29, 0.717) is 17.2 Å². The summed E-state index contributed by atoms with van der Waals surface area (Å²) in [6.07, 6.45) is 2.94. The molecule has 0 unspecified atom stereocenters. The average molecular weight is 305 g/mol. The third kappa shape index (κ3) is 3.17. The highest BCUT2D eigenvalue weighted by molar-refractivity contribution is 5.64. The van der Waals surface area contributed by atoms with Gasteiger partial charge in [-0.3, -0.25) is 10.1 Å². The first kappa shape index (κ1) is 15.4. The Morgan fingerprint density at radius 2 is 2.14 bits per heavy atom. The van der Waals surface area contributed by atoms with Crippen molar-refractivity contribution in [1.82, 2.24) is 5.16 Å². The summed E-state index contributed by atoms with van der Waals surface area (Å²) in [4.78, 5) is 10.4. The predicted molar refractivity (Wildman–Crippen MR) is 80.1 cm³/mol. The number of nitrogens with one attached hydrogen (secondary N) is 1. The van der Waals surface area contributed by atoms with Gasteiger partial charge in [0.25, 0.3) is 0 Å². The second kappa shape index (κ2) is 6.61. The second-order valence-electron chi connectivity index (χ2n) is 4.28. The van der Waals surface area contributed by atoms with E-state index in [9.17, 15) is 10.1 Å². The van der Waals surface area contributed by atoms with E-state index in [1.807, 2.05) is 0 Å². The molecular formula is C14H15N3O5. The van der Waals surface area contributed by atoms with E-state index in [1.54, 1.807) is 25.3 Å². The fraction of sp³-hybridized carbons (Fsp3) is 0.214. The maximum Gasteiger partial charge on any atom is 0.338 e. The number of aryl methyl sites for hydroxylation is 1. The van der Waals surface area contributed by atoms with Crippen molar-refractivity contribution >= 4 is 17.5 Å². The van der Waals surface area contributed by atoms with Crippen molar-refractivity contribution in [3.05, 3.63) is 46.0 Å². The van der Waals surface area contributed by atoms with E-state index < -0.39 is 4.92 Å². The van der Waals surface area contributed by atoms with Crippen molar-refractivity contribution in [2.24, 2.45) is 0 Å².